The van der Waals surface area contributed by atoms with Gasteiger partial charge >= 0.3 is 0 Å². The van der Waals surface area contributed by atoms with Gasteiger partial charge in [0.05, 0.1) is 5.69 Å². The van der Waals surface area contributed by atoms with Crippen molar-refractivity contribution in [1.82, 2.24) is 19.7 Å². The zero-order valence-corrected chi connectivity index (χ0v) is 20.5. The van der Waals surface area contributed by atoms with Crippen LogP contribution in [0.15, 0.2) is 46.1 Å². The lowest BCUT2D eigenvalue weighted by atomic mass is 10.1. The molecule has 8 nitrogen and oxygen atoms in total. The molecule has 1 N–H and O–H groups in total. The minimum atomic E-state index is -3.41. The lowest BCUT2D eigenvalue weighted by Gasteiger charge is -2.35. The molecule has 2 fully saturated rings. The highest BCUT2D eigenvalue weighted by Gasteiger charge is 2.40. The van der Waals surface area contributed by atoms with Gasteiger partial charge in [-0.25, -0.2) is 8.42 Å². The number of piperazine rings is 1. The molecule has 1 saturated heterocycles. The molecular weight excluding hydrogens is 541 g/mol. The van der Waals surface area contributed by atoms with E-state index in [2.05, 4.69) is 26.4 Å². The number of nitrogens with one attached hydrogen (secondary N) is 1. The van der Waals surface area contributed by atoms with Gasteiger partial charge in [0.2, 0.25) is 10.0 Å². The fraction of sp³-hybridized carbons (Fsp3) is 0.474. The van der Waals surface area contributed by atoms with Gasteiger partial charge < -0.3 is 14.7 Å². The fourth-order valence-corrected chi connectivity index (χ4v) is 5.32. The number of nitrogens with zero attached hydrogens (tertiary/aromatic N) is 4. The summed E-state index contributed by atoms with van der Waals surface area (Å²) < 4.78 is 31.4. The molecule has 0 amide bonds. The van der Waals surface area contributed by atoms with Crippen LogP contribution in [0.4, 0.5) is 0 Å². The van der Waals surface area contributed by atoms with Crippen LogP contribution in [-0.2, 0) is 15.8 Å². The van der Waals surface area contributed by atoms with Crippen molar-refractivity contribution in [3.63, 3.8) is 0 Å². The normalized spacial score (nSPS) is 22.5. The summed E-state index contributed by atoms with van der Waals surface area (Å²) in [5.74, 6) is 1.10. The Hall–Kier alpha value is -1.37. The van der Waals surface area contributed by atoms with Crippen LogP contribution in [-0.4, -0.2) is 68.0 Å². The van der Waals surface area contributed by atoms with Crippen LogP contribution in [0.25, 0.3) is 0 Å². The Kier molecular flexibility index (Phi) is 7.64. The second-order valence-electron chi connectivity index (χ2n) is 7.33. The number of benzene rings is 1. The Morgan fingerprint density at radius 3 is 2.70 bits per heavy atom. The quantitative estimate of drug-likeness (QED) is 0.340. The number of hydrogen-bond acceptors (Lipinski definition) is 5. The topological polar surface area (TPSA) is 91.0 Å². The fourth-order valence-electron chi connectivity index (χ4n) is 3.69. The van der Waals surface area contributed by atoms with Gasteiger partial charge in [-0.3, -0.25) is 4.99 Å². The third-order valence-corrected chi connectivity index (χ3v) is 7.39. The van der Waals surface area contributed by atoms with Crippen LogP contribution < -0.4 is 5.32 Å². The van der Waals surface area contributed by atoms with E-state index in [1.807, 2.05) is 18.2 Å². The molecule has 2 aromatic rings. The molecule has 0 spiro atoms. The molecule has 2 atom stereocenters. The molecular formula is C19H25ClIN5O3S. The third kappa shape index (κ3) is 5.45. The zero-order chi connectivity index (χ0) is 20.4. The Bertz CT molecular complexity index is 978. The second-order valence-corrected chi connectivity index (χ2v) is 9.73. The molecule has 1 aromatic heterocycles. The molecule has 1 saturated carbocycles. The van der Waals surface area contributed by atoms with Crippen molar-refractivity contribution in [3.8, 4) is 0 Å². The minimum Gasteiger partial charge on any atom is -0.364 e. The van der Waals surface area contributed by atoms with Gasteiger partial charge in [-0.05, 0) is 24.1 Å². The van der Waals surface area contributed by atoms with Crippen LogP contribution in [0, 0.1) is 0 Å². The number of aromatic nitrogens is 1. The SMILES string of the molecule is CN=C(NC1CC1c1cccc(Cl)c1)N1CCN(S(=O)(=O)Cc2ccon2)CC1.I. The molecule has 164 valence electrons. The van der Waals surface area contributed by atoms with Crippen molar-refractivity contribution < 1.29 is 12.9 Å². The van der Waals surface area contributed by atoms with E-state index < -0.39 is 10.0 Å². The first-order valence-electron chi connectivity index (χ1n) is 9.57. The first-order chi connectivity index (χ1) is 14.0. The minimum absolute atomic E-state index is 0. The van der Waals surface area contributed by atoms with E-state index in [1.54, 1.807) is 13.1 Å². The van der Waals surface area contributed by atoms with E-state index in [0.29, 0.717) is 43.8 Å². The van der Waals surface area contributed by atoms with E-state index in [4.69, 9.17) is 16.1 Å². The third-order valence-electron chi connectivity index (χ3n) is 5.35. The molecule has 4 rings (SSSR count). The number of sulfonamides is 1. The summed E-state index contributed by atoms with van der Waals surface area (Å²) in [6.07, 6.45) is 2.42. The Morgan fingerprint density at radius 2 is 2.07 bits per heavy atom. The number of guanidine groups is 1. The predicted molar refractivity (Wildman–Crippen MR) is 127 cm³/mol. The van der Waals surface area contributed by atoms with Crippen LogP contribution >= 0.6 is 35.6 Å². The lowest BCUT2D eigenvalue weighted by molar-refractivity contribution is 0.259. The monoisotopic (exact) mass is 565 g/mol. The highest BCUT2D eigenvalue weighted by atomic mass is 127. The summed E-state index contributed by atoms with van der Waals surface area (Å²) >= 11 is 6.10. The second kappa shape index (κ2) is 9.84. The van der Waals surface area contributed by atoms with E-state index in [9.17, 15) is 8.42 Å². The molecule has 0 bridgehead atoms. The maximum absolute atomic E-state index is 12.6. The first-order valence-corrected chi connectivity index (χ1v) is 11.6. The molecule has 1 aromatic carbocycles. The predicted octanol–water partition coefficient (Wildman–Crippen LogP) is 2.52. The van der Waals surface area contributed by atoms with E-state index in [-0.39, 0.29) is 29.7 Å². The number of halogens is 2. The summed E-state index contributed by atoms with van der Waals surface area (Å²) in [6, 6.07) is 9.85. The number of hydrogen-bond donors (Lipinski definition) is 1. The van der Waals surface area contributed by atoms with Gasteiger partial charge in [0.25, 0.3) is 0 Å². The summed E-state index contributed by atoms with van der Waals surface area (Å²) in [4.78, 5) is 6.51. The van der Waals surface area contributed by atoms with Crippen LogP contribution in [0.3, 0.4) is 0 Å². The Morgan fingerprint density at radius 1 is 1.30 bits per heavy atom. The highest BCUT2D eigenvalue weighted by Crippen LogP contribution is 2.41. The van der Waals surface area contributed by atoms with Crippen molar-refractivity contribution in [2.75, 3.05) is 33.2 Å². The average Bonchev–Trinajstić information content (AvgIpc) is 3.31. The molecule has 0 radical (unpaired) electrons. The number of aliphatic imine (C=N–C) groups is 1. The lowest BCUT2D eigenvalue weighted by Crippen LogP contribution is -2.54. The Labute approximate surface area is 198 Å². The largest absolute Gasteiger partial charge is 0.364 e. The smallest absolute Gasteiger partial charge is 0.220 e. The average molecular weight is 566 g/mol. The molecule has 30 heavy (non-hydrogen) atoms. The van der Waals surface area contributed by atoms with Gasteiger partial charge in [0, 0.05) is 56.3 Å². The molecule has 2 unspecified atom stereocenters. The maximum atomic E-state index is 12.6. The maximum Gasteiger partial charge on any atom is 0.220 e. The Balaban J connectivity index is 0.00000256. The highest BCUT2D eigenvalue weighted by molar-refractivity contribution is 14.0. The van der Waals surface area contributed by atoms with E-state index in [1.165, 1.54) is 16.1 Å². The van der Waals surface area contributed by atoms with Crippen molar-refractivity contribution in [2.45, 2.75) is 24.1 Å². The number of rotatable bonds is 5. The molecule has 1 aliphatic heterocycles. The standard InChI is InChI=1S/C19H24ClN5O3S.HI/c1-21-19(22-18-12-17(18)14-3-2-4-15(20)11-14)24-6-8-25(9-7-24)29(26,27)13-16-5-10-28-23-16;/h2-5,10-11,17-18H,6-9,12-13H2,1H3,(H,21,22);1H. The van der Waals surface area contributed by atoms with E-state index in [0.717, 1.165) is 17.4 Å². The van der Waals surface area contributed by atoms with Crippen molar-refractivity contribution in [3.05, 3.63) is 52.9 Å². The summed E-state index contributed by atoms with van der Waals surface area (Å²) in [5.41, 5.74) is 1.65. The summed E-state index contributed by atoms with van der Waals surface area (Å²) in [7, 11) is -1.65. The molecule has 2 aliphatic rings. The first kappa shape index (κ1) is 23.3. The van der Waals surface area contributed by atoms with Gasteiger partial charge in [-0.1, -0.05) is 28.9 Å². The van der Waals surface area contributed by atoms with Gasteiger partial charge in [0.1, 0.15) is 12.0 Å². The van der Waals surface area contributed by atoms with Crippen LogP contribution in [0.5, 0.6) is 0 Å². The summed E-state index contributed by atoms with van der Waals surface area (Å²) in [5, 5.41) is 7.96. The van der Waals surface area contributed by atoms with Crippen molar-refractivity contribution in [2.24, 2.45) is 4.99 Å². The summed E-state index contributed by atoms with van der Waals surface area (Å²) in [6.45, 7) is 2.02. The van der Waals surface area contributed by atoms with Gasteiger partial charge in [-0.15, -0.1) is 24.0 Å². The van der Waals surface area contributed by atoms with Crippen LogP contribution in [0.2, 0.25) is 5.02 Å². The van der Waals surface area contributed by atoms with Crippen molar-refractivity contribution >= 4 is 51.6 Å². The molecule has 11 heteroatoms. The zero-order valence-electron chi connectivity index (χ0n) is 16.6. The van der Waals surface area contributed by atoms with Gasteiger partial charge in [-0.2, -0.15) is 4.31 Å². The molecule has 2 heterocycles. The van der Waals surface area contributed by atoms with E-state index >= 15 is 0 Å². The van der Waals surface area contributed by atoms with Crippen LogP contribution in [0.1, 0.15) is 23.6 Å². The van der Waals surface area contributed by atoms with Crippen molar-refractivity contribution in [1.29, 1.82) is 0 Å². The van der Waals surface area contributed by atoms with Gasteiger partial charge in [0.15, 0.2) is 5.96 Å². The molecule has 1 aliphatic carbocycles.